The van der Waals surface area contributed by atoms with Crippen LogP contribution in [0.3, 0.4) is 0 Å². The Morgan fingerprint density at radius 3 is 2.64 bits per heavy atom. The number of carbonyl (C=O) groups excluding carboxylic acids is 2. The molecule has 1 saturated heterocycles. The average molecular weight is 399 g/mol. The van der Waals surface area contributed by atoms with E-state index in [1.807, 2.05) is 23.3 Å². The van der Waals surface area contributed by atoms with Crippen molar-refractivity contribution < 1.29 is 9.59 Å². The van der Waals surface area contributed by atoms with Crippen molar-refractivity contribution in [2.75, 3.05) is 13.1 Å². The minimum atomic E-state index is -0.139. The third-order valence-corrected chi connectivity index (χ3v) is 6.38. The zero-order chi connectivity index (χ0) is 19.9. The van der Waals surface area contributed by atoms with Crippen LogP contribution in [0.4, 0.5) is 0 Å². The summed E-state index contributed by atoms with van der Waals surface area (Å²) in [5.74, 6) is 0.0869. The molecule has 0 saturated carbocycles. The number of carbonyl (C=O) groups is 2. The highest BCUT2D eigenvalue weighted by Crippen LogP contribution is 2.28. The molecule has 150 valence electrons. The van der Waals surface area contributed by atoms with Crippen molar-refractivity contribution in [3.63, 3.8) is 0 Å². The van der Waals surface area contributed by atoms with E-state index in [1.54, 1.807) is 11.3 Å². The number of amides is 2. The summed E-state index contributed by atoms with van der Waals surface area (Å²) in [5.41, 5.74) is 2.39. The maximum Gasteiger partial charge on any atom is 0.225 e. The summed E-state index contributed by atoms with van der Waals surface area (Å²) in [6, 6.07) is 12.4. The van der Waals surface area contributed by atoms with Crippen LogP contribution in [0.5, 0.6) is 0 Å². The highest BCUT2D eigenvalue weighted by molar-refractivity contribution is 7.10. The van der Waals surface area contributed by atoms with Crippen LogP contribution < -0.4 is 5.32 Å². The highest BCUT2D eigenvalue weighted by Gasteiger charge is 2.30. The number of nitrogens with one attached hydrogen (secondary N) is 1. The zero-order valence-electron chi connectivity index (χ0n) is 16.8. The predicted octanol–water partition coefficient (Wildman–Crippen LogP) is 4.55. The van der Waals surface area contributed by atoms with E-state index >= 15 is 0 Å². The van der Waals surface area contributed by atoms with Gasteiger partial charge in [0.05, 0.1) is 12.0 Å². The van der Waals surface area contributed by atoms with Gasteiger partial charge in [0.2, 0.25) is 11.8 Å². The Morgan fingerprint density at radius 2 is 2.00 bits per heavy atom. The van der Waals surface area contributed by atoms with Crippen LogP contribution in [0, 0.1) is 5.92 Å². The Kier molecular flexibility index (Phi) is 7.26. The number of thiophene rings is 1. The first-order valence-corrected chi connectivity index (χ1v) is 11.2. The Balaban J connectivity index is 1.73. The van der Waals surface area contributed by atoms with Crippen molar-refractivity contribution in [2.45, 2.75) is 52.0 Å². The Morgan fingerprint density at radius 1 is 1.21 bits per heavy atom. The molecule has 4 nitrogen and oxygen atoms in total. The second kappa shape index (κ2) is 9.87. The highest BCUT2D eigenvalue weighted by atomic mass is 32.1. The normalized spacial score (nSPS) is 17.9. The topological polar surface area (TPSA) is 49.4 Å². The predicted molar refractivity (Wildman–Crippen MR) is 114 cm³/mol. The quantitative estimate of drug-likeness (QED) is 0.743. The molecule has 1 aromatic heterocycles. The molecular weight excluding hydrogens is 368 g/mol. The fourth-order valence-electron chi connectivity index (χ4n) is 3.77. The molecule has 0 bridgehead atoms. The standard InChI is InChI=1S/C23H30N2O2S/c1-3-7-21(26)25-14-5-8-19(16-25)23(27)24-22(20-9-6-15-28-20)18-12-10-17(4-2)11-13-18/h6,9-13,15,19,22H,3-5,7-8,14,16H2,1-2H3,(H,24,27). The van der Waals surface area contributed by atoms with Crippen LogP contribution in [-0.4, -0.2) is 29.8 Å². The summed E-state index contributed by atoms with van der Waals surface area (Å²) in [7, 11) is 0. The van der Waals surface area contributed by atoms with Gasteiger partial charge in [0.25, 0.3) is 0 Å². The molecule has 2 heterocycles. The van der Waals surface area contributed by atoms with Crippen molar-refractivity contribution in [1.82, 2.24) is 10.2 Å². The molecule has 1 aliphatic rings. The van der Waals surface area contributed by atoms with E-state index in [2.05, 4.69) is 42.6 Å². The van der Waals surface area contributed by atoms with Gasteiger partial charge in [0.15, 0.2) is 0 Å². The number of hydrogen-bond donors (Lipinski definition) is 1. The molecule has 2 atom stereocenters. The van der Waals surface area contributed by atoms with Gasteiger partial charge in [0.1, 0.15) is 0 Å². The van der Waals surface area contributed by atoms with Crippen molar-refractivity contribution in [3.05, 3.63) is 57.8 Å². The minimum Gasteiger partial charge on any atom is -0.344 e. The maximum absolute atomic E-state index is 13.1. The van der Waals surface area contributed by atoms with Gasteiger partial charge in [-0.2, -0.15) is 0 Å². The van der Waals surface area contributed by atoms with Crippen LogP contribution >= 0.6 is 11.3 Å². The monoisotopic (exact) mass is 398 g/mol. The van der Waals surface area contributed by atoms with Crippen molar-refractivity contribution >= 4 is 23.2 Å². The Hall–Kier alpha value is -2.14. The van der Waals surface area contributed by atoms with Crippen LogP contribution in [-0.2, 0) is 16.0 Å². The van der Waals surface area contributed by atoms with Crippen molar-refractivity contribution in [1.29, 1.82) is 0 Å². The number of rotatable bonds is 7. The summed E-state index contributed by atoms with van der Waals surface area (Å²) < 4.78 is 0. The lowest BCUT2D eigenvalue weighted by Gasteiger charge is -2.33. The summed E-state index contributed by atoms with van der Waals surface area (Å²) in [6.07, 6.45) is 4.15. The lowest BCUT2D eigenvalue weighted by atomic mass is 9.95. The average Bonchev–Trinajstić information content (AvgIpc) is 3.27. The molecule has 3 rings (SSSR count). The van der Waals surface area contributed by atoms with Gasteiger partial charge in [-0.15, -0.1) is 11.3 Å². The number of benzene rings is 1. The van der Waals surface area contributed by atoms with Gasteiger partial charge in [-0.1, -0.05) is 44.2 Å². The Bertz CT molecular complexity index is 770. The first-order chi connectivity index (χ1) is 13.6. The smallest absolute Gasteiger partial charge is 0.225 e. The number of aryl methyl sites for hydroxylation is 1. The molecule has 1 aliphatic heterocycles. The molecule has 5 heteroatoms. The van der Waals surface area contributed by atoms with E-state index < -0.39 is 0 Å². The SMILES string of the molecule is CCCC(=O)N1CCCC(C(=O)NC(c2ccc(CC)cc2)c2cccs2)C1. The summed E-state index contributed by atoms with van der Waals surface area (Å²) in [6.45, 7) is 5.47. The number of likely N-dealkylation sites (tertiary alicyclic amines) is 1. The van der Waals surface area contributed by atoms with Gasteiger partial charge >= 0.3 is 0 Å². The van der Waals surface area contributed by atoms with Gasteiger partial charge < -0.3 is 10.2 Å². The van der Waals surface area contributed by atoms with Gasteiger partial charge in [-0.3, -0.25) is 9.59 Å². The first-order valence-electron chi connectivity index (χ1n) is 10.3. The molecule has 2 unspecified atom stereocenters. The number of hydrogen-bond acceptors (Lipinski definition) is 3. The van der Waals surface area contributed by atoms with Gasteiger partial charge in [0, 0.05) is 24.4 Å². The summed E-state index contributed by atoms with van der Waals surface area (Å²) in [5, 5.41) is 5.31. The third kappa shape index (κ3) is 5.02. The largest absolute Gasteiger partial charge is 0.344 e. The number of nitrogens with zero attached hydrogens (tertiary/aromatic N) is 1. The van der Waals surface area contributed by atoms with Crippen LogP contribution in [0.1, 0.15) is 61.6 Å². The summed E-state index contributed by atoms with van der Waals surface area (Å²) in [4.78, 5) is 28.3. The first kappa shape index (κ1) is 20.6. The van der Waals surface area contributed by atoms with Crippen LogP contribution in [0.15, 0.2) is 41.8 Å². The summed E-state index contributed by atoms with van der Waals surface area (Å²) >= 11 is 1.66. The van der Waals surface area contributed by atoms with Crippen molar-refractivity contribution in [2.24, 2.45) is 5.92 Å². The van der Waals surface area contributed by atoms with Gasteiger partial charge in [-0.25, -0.2) is 0 Å². The molecule has 1 fully saturated rings. The lowest BCUT2D eigenvalue weighted by Crippen LogP contribution is -2.46. The zero-order valence-corrected chi connectivity index (χ0v) is 17.6. The van der Waals surface area contributed by atoms with Crippen LogP contribution in [0.25, 0.3) is 0 Å². The Labute approximate surface area is 172 Å². The van der Waals surface area contributed by atoms with Crippen LogP contribution in [0.2, 0.25) is 0 Å². The second-order valence-corrected chi connectivity index (χ2v) is 8.46. The molecule has 0 spiro atoms. The van der Waals surface area contributed by atoms with E-state index in [0.29, 0.717) is 13.0 Å². The third-order valence-electron chi connectivity index (χ3n) is 5.44. The fourth-order valence-corrected chi connectivity index (χ4v) is 4.57. The molecule has 2 aromatic rings. The van der Waals surface area contributed by atoms with E-state index in [9.17, 15) is 9.59 Å². The molecule has 28 heavy (non-hydrogen) atoms. The molecule has 0 aliphatic carbocycles. The molecule has 2 amide bonds. The van der Waals surface area contributed by atoms with Crippen molar-refractivity contribution in [3.8, 4) is 0 Å². The second-order valence-electron chi connectivity index (χ2n) is 7.48. The van der Waals surface area contributed by atoms with E-state index in [1.165, 1.54) is 5.56 Å². The molecular formula is C23H30N2O2S. The van der Waals surface area contributed by atoms with E-state index in [4.69, 9.17) is 0 Å². The minimum absolute atomic E-state index is 0.0481. The fraction of sp³-hybridized carbons (Fsp3) is 0.478. The van der Waals surface area contributed by atoms with Gasteiger partial charge in [-0.05, 0) is 48.3 Å². The van der Waals surface area contributed by atoms with E-state index in [-0.39, 0.29) is 23.8 Å². The lowest BCUT2D eigenvalue weighted by molar-refractivity contribution is -0.135. The number of piperidine rings is 1. The molecule has 1 aromatic carbocycles. The molecule has 1 N–H and O–H groups in total. The maximum atomic E-state index is 13.1. The molecule has 0 radical (unpaired) electrons. The van der Waals surface area contributed by atoms with E-state index in [0.717, 1.165) is 42.7 Å².